The highest BCUT2D eigenvalue weighted by atomic mass is 79.9. The maximum atomic E-state index is 13.1. The van der Waals surface area contributed by atoms with Gasteiger partial charge in [-0.05, 0) is 28.1 Å². The molecule has 14 heavy (non-hydrogen) atoms. The Labute approximate surface area is 94.8 Å². The molecule has 5 heteroatoms. The first-order valence-corrected chi connectivity index (χ1v) is 4.96. The quantitative estimate of drug-likeness (QED) is 0.724. The molecule has 1 aromatic rings. The van der Waals surface area contributed by atoms with Gasteiger partial charge in [0.25, 0.3) is 5.91 Å². The summed E-state index contributed by atoms with van der Waals surface area (Å²) in [7, 11) is 3.16. The Morgan fingerprint density at radius 2 is 2.07 bits per heavy atom. The lowest BCUT2D eigenvalue weighted by Gasteiger charge is -2.11. The summed E-state index contributed by atoms with van der Waals surface area (Å²) in [5.41, 5.74) is 0.164. The van der Waals surface area contributed by atoms with Crippen molar-refractivity contribution in [2.75, 3.05) is 14.1 Å². The number of carbonyl (C=O) groups is 1. The molecule has 76 valence electrons. The summed E-state index contributed by atoms with van der Waals surface area (Å²) in [6.45, 7) is 0. The first-order valence-electron chi connectivity index (χ1n) is 3.79. The van der Waals surface area contributed by atoms with Gasteiger partial charge >= 0.3 is 0 Å². The van der Waals surface area contributed by atoms with Crippen LogP contribution in [0.5, 0.6) is 0 Å². The zero-order chi connectivity index (χ0) is 10.9. The normalized spacial score (nSPS) is 10.1. The van der Waals surface area contributed by atoms with E-state index in [0.29, 0.717) is 0 Å². The van der Waals surface area contributed by atoms with E-state index >= 15 is 0 Å². The SMILES string of the molecule is CN(C)C(=O)c1cc(F)c(Br)cc1Cl. The number of hydrogen-bond donors (Lipinski definition) is 0. The van der Waals surface area contributed by atoms with E-state index in [-0.39, 0.29) is 21.0 Å². The Morgan fingerprint density at radius 3 is 2.57 bits per heavy atom. The molecule has 0 bridgehead atoms. The summed E-state index contributed by atoms with van der Waals surface area (Å²) in [5, 5.41) is 0.233. The highest BCUT2D eigenvalue weighted by molar-refractivity contribution is 9.10. The second-order valence-corrected chi connectivity index (χ2v) is 4.21. The predicted octanol–water partition coefficient (Wildman–Crippen LogP) is 2.94. The smallest absolute Gasteiger partial charge is 0.254 e. The highest BCUT2D eigenvalue weighted by Crippen LogP contribution is 2.25. The number of rotatable bonds is 1. The van der Waals surface area contributed by atoms with E-state index in [9.17, 15) is 9.18 Å². The zero-order valence-corrected chi connectivity index (χ0v) is 9.99. The fraction of sp³-hybridized carbons (Fsp3) is 0.222. The van der Waals surface area contributed by atoms with Crippen LogP contribution in [0.25, 0.3) is 0 Å². The van der Waals surface area contributed by atoms with Crippen molar-refractivity contribution < 1.29 is 9.18 Å². The summed E-state index contributed by atoms with van der Waals surface area (Å²) in [5.74, 6) is -0.819. The minimum atomic E-state index is -0.500. The molecule has 0 saturated heterocycles. The third-order valence-electron chi connectivity index (χ3n) is 1.65. The van der Waals surface area contributed by atoms with Crippen molar-refractivity contribution in [3.63, 3.8) is 0 Å². The summed E-state index contributed by atoms with van der Waals surface area (Å²) < 4.78 is 13.4. The highest BCUT2D eigenvalue weighted by Gasteiger charge is 2.15. The van der Waals surface area contributed by atoms with Gasteiger partial charge in [0.15, 0.2) is 0 Å². The Balaban J connectivity index is 3.22. The second kappa shape index (κ2) is 4.28. The van der Waals surface area contributed by atoms with Crippen LogP contribution in [0.1, 0.15) is 10.4 Å². The number of amides is 1. The average Bonchev–Trinajstić information content (AvgIpc) is 2.10. The van der Waals surface area contributed by atoms with Crippen molar-refractivity contribution >= 4 is 33.4 Å². The van der Waals surface area contributed by atoms with E-state index in [2.05, 4.69) is 15.9 Å². The molecule has 0 radical (unpaired) electrons. The molecular weight excluding hydrogens is 272 g/mol. The lowest BCUT2D eigenvalue weighted by molar-refractivity contribution is 0.0827. The Kier molecular flexibility index (Phi) is 3.50. The molecule has 2 nitrogen and oxygen atoms in total. The van der Waals surface area contributed by atoms with Crippen molar-refractivity contribution in [1.29, 1.82) is 0 Å². The van der Waals surface area contributed by atoms with Crippen LogP contribution in [0.4, 0.5) is 4.39 Å². The molecule has 1 rings (SSSR count). The first kappa shape index (κ1) is 11.5. The van der Waals surface area contributed by atoms with Crippen molar-refractivity contribution in [1.82, 2.24) is 4.90 Å². The molecule has 0 aliphatic heterocycles. The summed E-state index contributed by atoms with van der Waals surface area (Å²) in [4.78, 5) is 12.8. The van der Waals surface area contributed by atoms with E-state index in [0.717, 1.165) is 6.07 Å². The van der Waals surface area contributed by atoms with Gasteiger partial charge in [0, 0.05) is 14.1 Å². The molecule has 0 aromatic heterocycles. The van der Waals surface area contributed by atoms with Gasteiger partial charge in [0.05, 0.1) is 15.1 Å². The van der Waals surface area contributed by atoms with Gasteiger partial charge in [0.1, 0.15) is 5.82 Å². The molecule has 0 fully saturated rings. The van der Waals surface area contributed by atoms with Crippen molar-refractivity contribution in [3.8, 4) is 0 Å². The Bertz CT molecular complexity index is 381. The molecule has 0 atom stereocenters. The maximum absolute atomic E-state index is 13.1. The van der Waals surface area contributed by atoms with E-state index in [4.69, 9.17) is 11.6 Å². The average molecular weight is 281 g/mol. The molecule has 1 aromatic carbocycles. The molecular formula is C9H8BrClFNO. The van der Waals surface area contributed by atoms with Gasteiger partial charge in [-0.25, -0.2) is 4.39 Å². The third-order valence-corrected chi connectivity index (χ3v) is 2.57. The van der Waals surface area contributed by atoms with E-state index < -0.39 is 5.82 Å². The third kappa shape index (κ3) is 2.25. The van der Waals surface area contributed by atoms with Gasteiger partial charge in [0.2, 0.25) is 0 Å². The number of benzene rings is 1. The summed E-state index contributed by atoms with van der Waals surface area (Å²) in [6.07, 6.45) is 0. The lowest BCUT2D eigenvalue weighted by atomic mass is 10.2. The van der Waals surface area contributed by atoms with Gasteiger partial charge < -0.3 is 4.90 Å². The molecule has 0 heterocycles. The molecule has 0 spiro atoms. The number of carbonyl (C=O) groups excluding carboxylic acids is 1. The minimum Gasteiger partial charge on any atom is -0.345 e. The van der Waals surface area contributed by atoms with Crippen molar-refractivity contribution in [3.05, 3.63) is 33.0 Å². The number of hydrogen-bond acceptors (Lipinski definition) is 1. The second-order valence-electron chi connectivity index (χ2n) is 2.95. The van der Waals surface area contributed by atoms with Crippen LogP contribution in [0.2, 0.25) is 5.02 Å². The topological polar surface area (TPSA) is 20.3 Å². The van der Waals surface area contributed by atoms with Crippen LogP contribution < -0.4 is 0 Å². The Hall–Kier alpha value is -0.610. The zero-order valence-electron chi connectivity index (χ0n) is 7.64. The fourth-order valence-electron chi connectivity index (χ4n) is 0.927. The van der Waals surface area contributed by atoms with E-state index in [1.807, 2.05) is 0 Å². The fourth-order valence-corrected chi connectivity index (χ4v) is 1.65. The first-order chi connectivity index (χ1) is 6.43. The van der Waals surface area contributed by atoms with Crippen LogP contribution in [-0.2, 0) is 0 Å². The Morgan fingerprint density at radius 1 is 1.50 bits per heavy atom. The molecule has 0 unspecified atom stereocenters. The van der Waals surface area contributed by atoms with Crippen LogP contribution in [0.15, 0.2) is 16.6 Å². The maximum Gasteiger partial charge on any atom is 0.254 e. The predicted molar refractivity (Wildman–Crippen MR) is 57.1 cm³/mol. The monoisotopic (exact) mass is 279 g/mol. The van der Waals surface area contributed by atoms with Gasteiger partial charge in [-0.2, -0.15) is 0 Å². The molecule has 0 N–H and O–H groups in total. The van der Waals surface area contributed by atoms with Crippen LogP contribution in [0.3, 0.4) is 0 Å². The van der Waals surface area contributed by atoms with E-state index in [1.165, 1.54) is 11.0 Å². The lowest BCUT2D eigenvalue weighted by Crippen LogP contribution is -2.22. The van der Waals surface area contributed by atoms with Gasteiger partial charge in [-0.1, -0.05) is 11.6 Å². The summed E-state index contributed by atoms with van der Waals surface area (Å²) >= 11 is 8.78. The molecule has 1 amide bonds. The minimum absolute atomic E-state index is 0.164. The van der Waals surface area contributed by atoms with E-state index in [1.54, 1.807) is 14.1 Å². The van der Waals surface area contributed by atoms with Crippen LogP contribution >= 0.6 is 27.5 Å². The summed E-state index contributed by atoms with van der Waals surface area (Å²) in [6, 6.07) is 2.49. The van der Waals surface area contributed by atoms with Crippen LogP contribution in [0, 0.1) is 5.82 Å². The standard InChI is InChI=1S/C9H8BrClFNO/c1-13(2)9(14)5-3-8(12)6(10)4-7(5)11/h3-4H,1-2H3. The molecule has 0 saturated carbocycles. The van der Waals surface area contributed by atoms with Crippen LogP contribution in [-0.4, -0.2) is 24.9 Å². The van der Waals surface area contributed by atoms with Gasteiger partial charge in [-0.15, -0.1) is 0 Å². The van der Waals surface area contributed by atoms with Crippen molar-refractivity contribution in [2.24, 2.45) is 0 Å². The molecule has 0 aliphatic carbocycles. The van der Waals surface area contributed by atoms with Crippen molar-refractivity contribution in [2.45, 2.75) is 0 Å². The van der Waals surface area contributed by atoms with Gasteiger partial charge in [-0.3, -0.25) is 4.79 Å². The number of halogens is 3. The number of nitrogens with zero attached hydrogens (tertiary/aromatic N) is 1. The molecule has 0 aliphatic rings. The largest absolute Gasteiger partial charge is 0.345 e.